The highest BCUT2D eigenvalue weighted by atomic mass is 19.1. The van der Waals surface area contributed by atoms with Crippen molar-refractivity contribution >= 4 is 22.5 Å². The number of fused-ring (bicyclic) bond motifs is 1. The number of nitrogens with zero attached hydrogens (tertiary/aromatic N) is 3. The second kappa shape index (κ2) is 6.40. The lowest BCUT2D eigenvalue weighted by atomic mass is 10.1. The van der Waals surface area contributed by atoms with E-state index in [1.807, 2.05) is 29.8 Å². The fourth-order valence-electron chi connectivity index (χ4n) is 2.59. The Bertz CT molecular complexity index is 1290. The van der Waals surface area contributed by atoms with Gasteiger partial charge >= 0.3 is 0 Å². The number of carbonyl (C=O) groups excluding carboxylic acids is 1. The molecule has 0 saturated heterocycles. The summed E-state index contributed by atoms with van der Waals surface area (Å²) in [5, 5.41) is 4.10. The number of imidazole rings is 1. The van der Waals surface area contributed by atoms with E-state index in [4.69, 9.17) is 5.48 Å². The van der Waals surface area contributed by atoms with Crippen LogP contribution in [-0.4, -0.2) is 20.4 Å². The van der Waals surface area contributed by atoms with Gasteiger partial charge in [0.1, 0.15) is 11.6 Å². The number of benzene rings is 2. The average Bonchev–Trinajstić information content (AvgIpc) is 3.16. The van der Waals surface area contributed by atoms with Gasteiger partial charge in [-0.25, -0.2) is 14.4 Å². The Labute approximate surface area is 154 Å². The lowest BCUT2D eigenvalue weighted by molar-refractivity contribution is 0.102. The van der Waals surface area contributed by atoms with Crippen molar-refractivity contribution in [3.8, 4) is 11.3 Å². The molecule has 2 aromatic heterocycles. The van der Waals surface area contributed by atoms with Crippen LogP contribution < -0.4 is 5.32 Å². The number of anilines is 1. The number of pyridine rings is 1. The third-order valence-corrected chi connectivity index (χ3v) is 3.90. The molecule has 2 heterocycles. The number of amides is 1. The molecule has 1 N–H and O–H groups in total. The first-order valence-electron chi connectivity index (χ1n) is 9.71. The zero-order chi connectivity index (χ0) is 21.6. The van der Waals surface area contributed by atoms with Gasteiger partial charge in [-0.05, 0) is 41.7 Å². The molecule has 2 aromatic carbocycles. The second-order valence-electron chi connectivity index (χ2n) is 5.66. The van der Waals surface area contributed by atoms with Crippen molar-refractivity contribution in [3.63, 3.8) is 0 Å². The van der Waals surface area contributed by atoms with Crippen LogP contribution in [0.15, 0.2) is 67.2 Å². The number of aryl methyl sites for hydroxylation is 1. The molecule has 0 spiro atoms. The van der Waals surface area contributed by atoms with Crippen LogP contribution in [0, 0.1) is 5.82 Å². The van der Waals surface area contributed by atoms with Crippen molar-refractivity contribution in [3.05, 3.63) is 78.5 Å². The Hall–Kier alpha value is -3.54. The van der Waals surface area contributed by atoms with E-state index in [9.17, 15) is 9.18 Å². The maximum atomic E-state index is 13.7. The molecular weight excluding hydrogens is 331 g/mol. The van der Waals surface area contributed by atoms with Crippen molar-refractivity contribution in [2.45, 2.75) is 0 Å². The van der Waals surface area contributed by atoms with E-state index in [1.54, 1.807) is 24.8 Å². The summed E-state index contributed by atoms with van der Waals surface area (Å²) in [5.74, 6) is -2.04. The quantitative estimate of drug-likeness (QED) is 0.607. The Morgan fingerprint density at radius 1 is 1.15 bits per heavy atom. The number of halogens is 1. The van der Waals surface area contributed by atoms with Crippen LogP contribution in [0.3, 0.4) is 0 Å². The minimum absolute atomic E-state index is 0.163. The maximum Gasteiger partial charge on any atom is 0.256 e. The van der Waals surface area contributed by atoms with Gasteiger partial charge in [0.05, 0.1) is 23.7 Å². The van der Waals surface area contributed by atoms with Crippen LogP contribution in [0.25, 0.3) is 22.0 Å². The Morgan fingerprint density at radius 2 is 1.96 bits per heavy atom. The monoisotopic (exact) mass is 350 g/mol. The molecule has 26 heavy (non-hydrogen) atoms. The lowest BCUT2D eigenvalue weighted by Crippen LogP contribution is -2.12. The van der Waals surface area contributed by atoms with E-state index in [0.717, 1.165) is 22.0 Å². The summed E-state index contributed by atoms with van der Waals surface area (Å²) in [4.78, 5) is 20.9. The third kappa shape index (κ3) is 3.04. The van der Waals surface area contributed by atoms with Gasteiger partial charge in [0.2, 0.25) is 0 Å². The largest absolute Gasteiger partial charge is 0.334 e. The van der Waals surface area contributed by atoms with Crippen LogP contribution in [0.2, 0.25) is 0 Å². The highest BCUT2D eigenvalue weighted by molar-refractivity contribution is 6.04. The van der Waals surface area contributed by atoms with E-state index in [2.05, 4.69) is 15.3 Å². The van der Waals surface area contributed by atoms with Gasteiger partial charge in [0.15, 0.2) is 0 Å². The fraction of sp³-hybridized carbons (Fsp3) is 0.0500. The smallest absolute Gasteiger partial charge is 0.256 e. The molecule has 0 aliphatic rings. The molecular formula is C20H15FN4O. The van der Waals surface area contributed by atoms with Crippen molar-refractivity contribution in [2.75, 3.05) is 5.32 Å². The van der Waals surface area contributed by atoms with E-state index in [-0.39, 0.29) is 5.82 Å². The number of carbonyl (C=O) groups is 1. The molecule has 0 aliphatic heterocycles. The predicted molar refractivity (Wildman–Crippen MR) is 98.3 cm³/mol. The predicted octanol–water partition coefficient (Wildman–Crippen LogP) is 4.03. The zero-order valence-corrected chi connectivity index (χ0v) is 13.7. The van der Waals surface area contributed by atoms with Gasteiger partial charge < -0.3 is 9.88 Å². The number of hydrogen-bond acceptors (Lipinski definition) is 3. The van der Waals surface area contributed by atoms with Gasteiger partial charge in [0.25, 0.3) is 5.91 Å². The van der Waals surface area contributed by atoms with Crippen molar-refractivity contribution in [1.82, 2.24) is 14.5 Å². The zero-order valence-electron chi connectivity index (χ0n) is 17.7. The van der Waals surface area contributed by atoms with Gasteiger partial charge in [-0.2, -0.15) is 0 Å². The van der Waals surface area contributed by atoms with E-state index in [0.29, 0.717) is 0 Å². The Balaban J connectivity index is 1.71. The van der Waals surface area contributed by atoms with Crippen LogP contribution >= 0.6 is 0 Å². The summed E-state index contributed by atoms with van der Waals surface area (Å²) in [6.07, 6.45) is 5.00. The molecule has 5 nitrogen and oxygen atoms in total. The Kier molecular flexibility index (Phi) is 2.93. The van der Waals surface area contributed by atoms with Crippen molar-refractivity contribution in [1.29, 1.82) is 0 Å². The van der Waals surface area contributed by atoms with E-state index in [1.165, 1.54) is 0 Å². The minimum Gasteiger partial charge on any atom is -0.334 e. The average molecular weight is 350 g/mol. The standard InChI is InChI=1S/C20H15FN4O/c1-25-12-22-11-18(25)14-2-3-15-10-23-19(9-16(15)8-14)24-20(26)13-4-6-17(21)7-5-13/h2-12H,1H3,(H,23,24,26)/i4D,5D,6D,7D. The number of aromatic nitrogens is 3. The first-order valence-corrected chi connectivity index (χ1v) is 7.71. The Morgan fingerprint density at radius 3 is 2.69 bits per heavy atom. The molecule has 4 rings (SSSR count). The van der Waals surface area contributed by atoms with Gasteiger partial charge in [-0.1, -0.05) is 12.1 Å². The summed E-state index contributed by atoms with van der Waals surface area (Å²) in [6, 6.07) is 4.09. The third-order valence-electron chi connectivity index (χ3n) is 3.90. The molecule has 0 unspecified atom stereocenters. The van der Waals surface area contributed by atoms with Crippen molar-refractivity contribution < 1.29 is 14.7 Å². The van der Waals surface area contributed by atoms with Crippen LogP contribution in [0.4, 0.5) is 10.2 Å². The lowest BCUT2D eigenvalue weighted by Gasteiger charge is -2.08. The topological polar surface area (TPSA) is 59.8 Å². The molecule has 0 atom stereocenters. The molecule has 4 aromatic rings. The van der Waals surface area contributed by atoms with Crippen LogP contribution in [0.5, 0.6) is 0 Å². The molecule has 0 saturated carbocycles. The molecule has 6 heteroatoms. The summed E-state index contributed by atoms with van der Waals surface area (Å²) in [7, 11) is 1.88. The first-order chi connectivity index (χ1) is 14.3. The molecule has 0 aliphatic carbocycles. The SMILES string of the molecule is [2H]c1c([2H])c(C(=O)Nc2cc3cc(-c4cncn4C)ccc3cn2)c([2H])c([2H])c1F. The summed E-state index contributed by atoms with van der Waals surface area (Å²) in [5.41, 5.74) is 1.29. The normalized spacial score (nSPS) is 13.0. The van der Waals surface area contributed by atoms with E-state index < -0.39 is 41.5 Å². The highest BCUT2D eigenvalue weighted by Crippen LogP contribution is 2.25. The summed E-state index contributed by atoms with van der Waals surface area (Å²) >= 11 is 0. The van der Waals surface area contributed by atoms with E-state index >= 15 is 0 Å². The highest BCUT2D eigenvalue weighted by Gasteiger charge is 2.09. The molecule has 0 bridgehead atoms. The first kappa shape index (κ1) is 11.9. The molecule has 1 amide bonds. The van der Waals surface area contributed by atoms with Gasteiger partial charge in [-0.3, -0.25) is 4.79 Å². The summed E-state index contributed by atoms with van der Waals surface area (Å²) < 4.78 is 46.3. The van der Waals surface area contributed by atoms with Crippen LogP contribution in [-0.2, 0) is 7.05 Å². The van der Waals surface area contributed by atoms with Gasteiger partial charge in [-0.15, -0.1) is 0 Å². The summed E-state index contributed by atoms with van der Waals surface area (Å²) in [6.45, 7) is 0. The maximum absolute atomic E-state index is 13.7. The minimum atomic E-state index is -1.30. The van der Waals surface area contributed by atoms with Gasteiger partial charge in [0, 0.05) is 29.8 Å². The molecule has 0 fully saturated rings. The molecule has 128 valence electrons. The molecule has 0 radical (unpaired) electrons. The number of nitrogens with one attached hydrogen (secondary N) is 1. The number of rotatable bonds is 3. The second-order valence-corrected chi connectivity index (χ2v) is 5.66. The van der Waals surface area contributed by atoms with Crippen molar-refractivity contribution in [2.24, 2.45) is 7.05 Å². The van der Waals surface area contributed by atoms with Crippen LogP contribution in [0.1, 0.15) is 15.8 Å². The fourth-order valence-corrected chi connectivity index (χ4v) is 2.59. The number of hydrogen-bond donors (Lipinski definition) is 1.